The number of halogens is 3. The molecule has 0 unspecified atom stereocenters. The summed E-state index contributed by atoms with van der Waals surface area (Å²) in [4.78, 5) is 16.0. The maximum absolute atomic E-state index is 14.9. The lowest BCUT2D eigenvalue weighted by molar-refractivity contribution is 0.0689. The zero-order valence-electron chi connectivity index (χ0n) is 14.2. The third-order valence-electron chi connectivity index (χ3n) is 4.02. The number of aromatic nitrogens is 4. The van der Waals surface area contributed by atoms with Crippen LogP contribution in [-0.2, 0) is 7.05 Å². The average Bonchev–Trinajstić information content (AvgIpc) is 3.20. The van der Waals surface area contributed by atoms with Crippen LogP contribution < -0.4 is 0 Å². The van der Waals surface area contributed by atoms with E-state index in [1.54, 1.807) is 46.9 Å². The van der Waals surface area contributed by atoms with Gasteiger partial charge in [0.25, 0.3) is 0 Å². The Morgan fingerprint density at radius 1 is 1.32 bits per heavy atom. The smallest absolute Gasteiger partial charge is 0.354 e. The molecule has 0 saturated heterocycles. The molecule has 142 valence electrons. The number of aryl methyl sites for hydroxylation is 1. The third-order valence-corrected chi connectivity index (χ3v) is 6.38. The molecule has 4 rings (SSSR count). The Hall–Kier alpha value is -2.36. The van der Waals surface area contributed by atoms with Crippen molar-refractivity contribution in [3.63, 3.8) is 0 Å². The molecule has 0 radical (unpaired) electrons. The second-order valence-corrected chi connectivity index (χ2v) is 8.04. The maximum Gasteiger partial charge on any atom is 0.354 e. The second kappa shape index (κ2) is 7.23. The van der Waals surface area contributed by atoms with Crippen molar-refractivity contribution in [3.8, 4) is 5.69 Å². The van der Waals surface area contributed by atoms with E-state index in [4.69, 9.17) is 16.7 Å². The van der Waals surface area contributed by atoms with Crippen molar-refractivity contribution >= 4 is 56.2 Å². The van der Waals surface area contributed by atoms with E-state index in [0.717, 1.165) is 0 Å². The molecule has 3 aromatic heterocycles. The number of carbonyl (C=O) groups is 1. The summed E-state index contributed by atoms with van der Waals surface area (Å²) in [6.45, 7) is 0. The largest absolute Gasteiger partial charge is 0.477 e. The van der Waals surface area contributed by atoms with Gasteiger partial charge in [0.05, 0.1) is 27.3 Å². The molecule has 0 amide bonds. The molecule has 0 aliphatic heterocycles. The minimum Gasteiger partial charge on any atom is -0.477 e. The van der Waals surface area contributed by atoms with E-state index in [9.17, 15) is 9.18 Å². The van der Waals surface area contributed by atoms with Crippen molar-refractivity contribution < 1.29 is 14.3 Å². The lowest BCUT2D eigenvalue weighted by atomic mass is 10.2. The van der Waals surface area contributed by atoms with Crippen molar-refractivity contribution in [3.05, 3.63) is 63.9 Å². The number of benzene rings is 1. The van der Waals surface area contributed by atoms with E-state index >= 15 is 0 Å². The van der Waals surface area contributed by atoms with Gasteiger partial charge >= 0.3 is 5.97 Å². The Morgan fingerprint density at radius 3 is 2.79 bits per heavy atom. The minimum absolute atomic E-state index is 0.00481. The van der Waals surface area contributed by atoms with Gasteiger partial charge in [-0.25, -0.2) is 14.2 Å². The van der Waals surface area contributed by atoms with Gasteiger partial charge in [-0.15, -0.1) is 0 Å². The van der Waals surface area contributed by atoms with Gasteiger partial charge in [-0.1, -0.05) is 29.4 Å². The first-order valence-corrected chi connectivity index (χ1v) is 9.90. The lowest BCUT2D eigenvalue weighted by Gasteiger charge is -2.05. The Kier molecular flexibility index (Phi) is 4.90. The summed E-state index contributed by atoms with van der Waals surface area (Å²) < 4.78 is 18.8. The Labute approximate surface area is 176 Å². The molecule has 0 spiro atoms. The quantitative estimate of drug-likeness (QED) is 0.436. The highest BCUT2D eigenvalue weighted by atomic mass is 79.9. The number of carboxylic acids is 1. The molecule has 28 heavy (non-hydrogen) atoms. The molecule has 10 heteroatoms. The van der Waals surface area contributed by atoms with Crippen molar-refractivity contribution in [1.29, 1.82) is 0 Å². The van der Waals surface area contributed by atoms with Gasteiger partial charge in [0.15, 0.2) is 5.82 Å². The van der Waals surface area contributed by atoms with Crippen LogP contribution in [0.2, 0.25) is 5.02 Å². The number of hydrogen-bond acceptors (Lipinski definition) is 4. The van der Waals surface area contributed by atoms with Gasteiger partial charge < -0.3 is 5.11 Å². The topological polar surface area (TPSA) is 72.9 Å². The molecule has 3 heterocycles. The minimum atomic E-state index is -1.11. The number of rotatable bonds is 4. The predicted octanol–water partition coefficient (Wildman–Crippen LogP) is 5.16. The van der Waals surface area contributed by atoms with Crippen LogP contribution in [0.25, 0.3) is 16.6 Å². The zero-order chi connectivity index (χ0) is 20.0. The fourth-order valence-electron chi connectivity index (χ4n) is 2.81. The molecule has 0 saturated carbocycles. The molecule has 4 aromatic rings. The highest BCUT2D eigenvalue weighted by molar-refractivity contribution is 9.10. The Bertz CT molecular complexity index is 1240. The van der Waals surface area contributed by atoms with E-state index < -0.39 is 11.8 Å². The maximum atomic E-state index is 14.9. The third kappa shape index (κ3) is 3.19. The van der Waals surface area contributed by atoms with Crippen molar-refractivity contribution in [2.24, 2.45) is 7.05 Å². The summed E-state index contributed by atoms with van der Waals surface area (Å²) in [5.41, 5.74) is 0.884. The summed E-state index contributed by atoms with van der Waals surface area (Å²) in [7, 11) is 1.77. The van der Waals surface area contributed by atoms with Crippen molar-refractivity contribution in [2.75, 3.05) is 0 Å². The van der Waals surface area contributed by atoms with Gasteiger partial charge in [0.1, 0.15) is 15.3 Å². The number of aromatic carboxylic acids is 1. The van der Waals surface area contributed by atoms with Crippen LogP contribution in [0.15, 0.2) is 57.3 Å². The summed E-state index contributed by atoms with van der Waals surface area (Å²) in [6.07, 6.45) is 3.37. The summed E-state index contributed by atoms with van der Waals surface area (Å²) in [5, 5.41) is 14.4. The van der Waals surface area contributed by atoms with Gasteiger partial charge in [0, 0.05) is 18.6 Å². The molecule has 6 nitrogen and oxygen atoms in total. The molecule has 0 aliphatic rings. The van der Waals surface area contributed by atoms with E-state index in [1.807, 2.05) is 0 Å². The van der Waals surface area contributed by atoms with Crippen LogP contribution in [0.5, 0.6) is 0 Å². The standard InChI is InChI=1S/C18H11BrClFN4O2S/c1-24-8-9(7-22-24)25-15-10(5-6-11(20)14(15)21)16(17(25)19)28-13-4-2-3-12(23-13)18(26)27/h2-8H,1H3,(H,26,27). The predicted molar refractivity (Wildman–Crippen MR) is 108 cm³/mol. The summed E-state index contributed by atoms with van der Waals surface area (Å²) >= 11 is 10.8. The number of carboxylic acid groups (broad SMARTS) is 1. The van der Waals surface area contributed by atoms with E-state index in [1.165, 1.54) is 23.9 Å². The normalized spacial score (nSPS) is 11.3. The molecule has 0 fully saturated rings. The number of nitrogens with zero attached hydrogens (tertiary/aromatic N) is 4. The van der Waals surface area contributed by atoms with E-state index in [-0.39, 0.29) is 10.7 Å². The number of pyridine rings is 1. The van der Waals surface area contributed by atoms with Gasteiger partial charge in [0.2, 0.25) is 0 Å². The molecule has 0 bridgehead atoms. The average molecular weight is 482 g/mol. The van der Waals surface area contributed by atoms with Crippen LogP contribution in [-0.4, -0.2) is 30.4 Å². The second-order valence-electron chi connectivity index (χ2n) is 5.85. The van der Waals surface area contributed by atoms with Crippen LogP contribution in [0, 0.1) is 5.82 Å². The van der Waals surface area contributed by atoms with E-state index in [2.05, 4.69) is 26.0 Å². The number of fused-ring (bicyclic) bond motifs is 1. The Balaban J connectivity index is 1.95. The first kappa shape index (κ1) is 19.0. The Morgan fingerprint density at radius 2 is 2.11 bits per heavy atom. The van der Waals surface area contributed by atoms with Crippen LogP contribution in [0.3, 0.4) is 0 Å². The summed E-state index contributed by atoms with van der Waals surface area (Å²) in [6, 6.07) is 7.94. The lowest BCUT2D eigenvalue weighted by Crippen LogP contribution is -1.99. The fraction of sp³-hybridized carbons (Fsp3) is 0.0556. The molecular formula is C18H11BrClFN4O2S. The fourth-order valence-corrected chi connectivity index (χ4v) is 4.75. The van der Waals surface area contributed by atoms with Crippen molar-refractivity contribution in [1.82, 2.24) is 19.3 Å². The number of hydrogen-bond donors (Lipinski definition) is 1. The monoisotopic (exact) mass is 480 g/mol. The van der Waals surface area contributed by atoms with Crippen LogP contribution in [0.4, 0.5) is 4.39 Å². The highest BCUT2D eigenvalue weighted by Gasteiger charge is 2.23. The van der Waals surface area contributed by atoms with Gasteiger partial charge in [-0.2, -0.15) is 5.10 Å². The molecule has 1 aromatic carbocycles. The van der Waals surface area contributed by atoms with Crippen molar-refractivity contribution in [2.45, 2.75) is 9.92 Å². The van der Waals surface area contributed by atoms with Crippen LogP contribution in [0.1, 0.15) is 10.5 Å². The van der Waals surface area contributed by atoms with Gasteiger partial charge in [-0.3, -0.25) is 9.25 Å². The first-order chi connectivity index (χ1) is 13.4. The molecule has 0 atom stereocenters. The highest BCUT2D eigenvalue weighted by Crippen LogP contribution is 2.44. The first-order valence-electron chi connectivity index (χ1n) is 7.92. The molecular weight excluding hydrogens is 471 g/mol. The molecule has 0 aliphatic carbocycles. The van der Waals surface area contributed by atoms with Gasteiger partial charge in [-0.05, 0) is 40.2 Å². The van der Waals surface area contributed by atoms with E-state index in [0.29, 0.717) is 31.1 Å². The molecule has 1 N–H and O–H groups in total. The zero-order valence-corrected chi connectivity index (χ0v) is 17.4. The SMILES string of the molecule is Cn1cc(-n2c(Br)c(Sc3cccc(C(=O)O)n3)c3ccc(Cl)c(F)c32)cn1. The summed E-state index contributed by atoms with van der Waals surface area (Å²) in [5.74, 6) is -1.67. The van der Waals surface area contributed by atoms with Crippen LogP contribution >= 0.6 is 39.3 Å².